The number of carbonyl (C=O) groups is 3. The van der Waals surface area contributed by atoms with E-state index in [-0.39, 0.29) is 30.5 Å². The van der Waals surface area contributed by atoms with Crippen molar-refractivity contribution in [3.8, 4) is 0 Å². The first-order chi connectivity index (χ1) is 16.3. The molecule has 10 nitrogen and oxygen atoms in total. The number of pyridine rings is 1. The van der Waals surface area contributed by atoms with E-state index in [1.165, 1.54) is 15.5 Å². The summed E-state index contributed by atoms with van der Waals surface area (Å²) in [6, 6.07) is 10.4. The number of anilines is 1. The Balaban J connectivity index is 1.27. The van der Waals surface area contributed by atoms with Gasteiger partial charge < -0.3 is 20.4 Å². The zero-order valence-electron chi connectivity index (χ0n) is 19.0. The summed E-state index contributed by atoms with van der Waals surface area (Å²) in [5.74, 6) is -0.386. The van der Waals surface area contributed by atoms with Crippen LogP contribution in [0, 0.1) is 13.8 Å². The van der Waals surface area contributed by atoms with Gasteiger partial charge in [-0.05, 0) is 49.1 Å². The van der Waals surface area contributed by atoms with Crippen molar-refractivity contribution in [3.05, 3.63) is 58.0 Å². The van der Waals surface area contributed by atoms with E-state index in [1.54, 1.807) is 34.1 Å². The maximum atomic E-state index is 12.8. The molecule has 1 saturated heterocycles. The standard InChI is InChI=1S/C23H26N6O4S/c1-15-12-16(2)25-21-20(15)22(32)29(34-21)14-19(31)28-10-8-27(9-11-28)18(30)13-24-23(33)26-17-6-4-3-5-7-17/h3-7,12H,8-11,13-14H2,1-2H3,(H2,24,26,33). The highest BCUT2D eigenvalue weighted by atomic mass is 32.1. The lowest BCUT2D eigenvalue weighted by Gasteiger charge is -2.34. The summed E-state index contributed by atoms with van der Waals surface area (Å²) < 4.78 is 1.44. The summed E-state index contributed by atoms with van der Waals surface area (Å²) in [6.07, 6.45) is 0. The molecule has 0 aliphatic carbocycles. The second kappa shape index (κ2) is 10.0. The van der Waals surface area contributed by atoms with Crippen LogP contribution in [0.2, 0.25) is 0 Å². The Morgan fingerprint density at radius 2 is 1.65 bits per heavy atom. The molecule has 178 valence electrons. The van der Waals surface area contributed by atoms with E-state index >= 15 is 0 Å². The summed E-state index contributed by atoms with van der Waals surface area (Å²) in [4.78, 5) is 58.3. The molecule has 0 saturated carbocycles. The topological polar surface area (TPSA) is 117 Å². The van der Waals surface area contributed by atoms with Crippen molar-refractivity contribution >= 4 is 45.3 Å². The van der Waals surface area contributed by atoms with Crippen LogP contribution in [0.3, 0.4) is 0 Å². The van der Waals surface area contributed by atoms with Gasteiger partial charge in [0.2, 0.25) is 11.8 Å². The average Bonchev–Trinajstić information content (AvgIpc) is 3.13. The molecule has 2 N–H and O–H groups in total. The van der Waals surface area contributed by atoms with Gasteiger partial charge in [0.1, 0.15) is 11.4 Å². The number of piperazine rings is 1. The van der Waals surface area contributed by atoms with E-state index in [9.17, 15) is 19.2 Å². The first-order valence-electron chi connectivity index (χ1n) is 11.0. The minimum atomic E-state index is -0.456. The van der Waals surface area contributed by atoms with Gasteiger partial charge >= 0.3 is 6.03 Å². The largest absolute Gasteiger partial charge is 0.338 e. The molecule has 3 heterocycles. The van der Waals surface area contributed by atoms with Crippen LogP contribution in [0.5, 0.6) is 0 Å². The number of hydrogen-bond acceptors (Lipinski definition) is 6. The zero-order valence-corrected chi connectivity index (χ0v) is 19.9. The Morgan fingerprint density at radius 1 is 1.00 bits per heavy atom. The Bertz CT molecular complexity index is 1280. The second-order valence-electron chi connectivity index (χ2n) is 8.13. The second-order valence-corrected chi connectivity index (χ2v) is 9.14. The molecule has 2 aromatic heterocycles. The summed E-state index contributed by atoms with van der Waals surface area (Å²) >= 11 is 1.19. The van der Waals surface area contributed by atoms with Crippen LogP contribution in [0.25, 0.3) is 10.2 Å². The number of aryl methyl sites for hydroxylation is 2. The van der Waals surface area contributed by atoms with Gasteiger partial charge in [0.05, 0.1) is 11.9 Å². The van der Waals surface area contributed by atoms with Crippen molar-refractivity contribution in [2.45, 2.75) is 20.4 Å². The Kier molecular flexibility index (Phi) is 6.92. The highest BCUT2D eigenvalue weighted by molar-refractivity contribution is 7.13. The molecule has 34 heavy (non-hydrogen) atoms. The Hall–Kier alpha value is -3.73. The summed E-state index contributed by atoms with van der Waals surface area (Å²) in [5.41, 5.74) is 2.12. The number of urea groups is 1. The molecular formula is C23H26N6O4S. The van der Waals surface area contributed by atoms with Gasteiger partial charge in [-0.25, -0.2) is 9.78 Å². The van der Waals surface area contributed by atoms with Gasteiger partial charge in [-0.15, -0.1) is 0 Å². The van der Waals surface area contributed by atoms with Gasteiger partial charge in [-0.1, -0.05) is 18.2 Å². The number of aromatic nitrogens is 2. The molecule has 0 bridgehead atoms. The maximum absolute atomic E-state index is 12.8. The van der Waals surface area contributed by atoms with Crippen molar-refractivity contribution in [2.24, 2.45) is 0 Å². The number of hydrogen-bond donors (Lipinski definition) is 2. The molecule has 0 atom stereocenters. The lowest BCUT2D eigenvalue weighted by molar-refractivity contribution is -0.139. The average molecular weight is 483 g/mol. The number of fused-ring (bicyclic) bond motifs is 1. The molecule has 1 aliphatic rings. The molecule has 0 spiro atoms. The number of nitrogens with one attached hydrogen (secondary N) is 2. The minimum Gasteiger partial charge on any atom is -0.338 e. The molecule has 1 aliphatic heterocycles. The summed E-state index contributed by atoms with van der Waals surface area (Å²) in [7, 11) is 0. The molecule has 0 unspecified atom stereocenters. The van der Waals surface area contributed by atoms with E-state index in [0.717, 1.165) is 11.3 Å². The SMILES string of the molecule is Cc1cc(C)c2c(=O)n(CC(=O)N3CCN(C(=O)CNC(=O)Nc4ccccc4)CC3)sc2n1. The molecule has 0 radical (unpaired) electrons. The van der Waals surface area contributed by atoms with Crippen molar-refractivity contribution < 1.29 is 14.4 Å². The molecule has 1 aromatic carbocycles. The predicted octanol–water partition coefficient (Wildman–Crippen LogP) is 1.57. The quantitative estimate of drug-likeness (QED) is 0.573. The number of carbonyl (C=O) groups excluding carboxylic acids is 3. The summed E-state index contributed by atoms with van der Waals surface area (Å²) in [6.45, 7) is 5.05. The smallest absolute Gasteiger partial charge is 0.319 e. The van der Waals surface area contributed by atoms with Crippen LogP contribution >= 0.6 is 11.5 Å². The van der Waals surface area contributed by atoms with Crippen molar-refractivity contribution in [2.75, 3.05) is 38.0 Å². The lowest BCUT2D eigenvalue weighted by atomic mass is 10.2. The molecule has 4 amide bonds. The lowest BCUT2D eigenvalue weighted by Crippen LogP contribution is -2.53. The van der Waals surface area contributed by atoms with Gasteiger partial charge in [-0.2, -0.15) is 0 Å². The fourth-order valence-electron chi connectivity index (χ4n) is 3.90. The van der Waals surface area contributed by atoms with Crippen LogP contribution < -0.4 is 16.2 Å². The fraction of sp³-hybridized carbons (Fsp3) is 0.348. The van der Waals surface area contributed by atoms with Gasteiger partial charge in [0.25, 0.3) is 5.56 Å². The first-order valence-corrected chi connectivity index (χ1v) is 11.7. The third-order valence-electron chi connectivity index (χ3n) is 5.64. The van der Waals surface area contributed by atoms with E-state index in [4.69, 9.17) is 0 Å². The summed E-state index contributed by atoms with van der Waals surface area (Å²) in [5, 5.41) is 5.78. The van der Waals surface area contributed by atoms with E-state index < -0.39 is 6.03 Å². The fourth-order valence-corrected chi connectivity index (χ4v) is 4.98. The van der Waals surface area contributed by atoms with Crippen LogP contribution in [0.4, 0.5) is 10.5 Å². The Labute approximate surface area is 200 Å². The number of benzene rings is 1. The molecule has 11 heteroatoms. The maximum Gasteiger partial charge on any atom is 0.319 e. The van der Waals surface area contributed by atoms with Gasteiger partial charge in [0, 0.05) is 37.6 Å². The zero-order chi connectivity index (χ0) is 24.2. The normalized spacial score (nSPS) is 13.7. The van der Waals surface area contributed by atoms with Gasteiger partial charge in [0.15, 0.2) is 0 Å². The van der Waals surface area contributed by atoms with E-state index in [1.807, 2.05) is 26.0 Å². The van der Waals surface area contributed by atoms with Crippen molar-refractivity contribution in [1.82, 2.24) is 24.1 Å². The predicted molar refractivity (Wildman–Crippen MR) is 130 cm³/mol. The van der Waals surface area contributed by atoms with Gasteiger partial charge in [-0.3, -0.25) is 18.3 Å². The van der Waals surface area contributed by atoms with Crippen LogP contribution in [-0.4, -0.2) is 69.3 Å². The highest BCUT2D eigenvalue weighted by Crippen LogP contribution is 2.19. The first kappa shape index (κ1) is 23.4. The van der Waals surface area contributed by atoms with E-state index in [2.05, 4.69) is 15.6 Å². The third kappa shape index (κ3) is 5.25. The number of para-hydroxylation sites is 1. The molecule has 3 aromatic rings. The van der Waals surface area contributed by atoms with Crippen molar-refractivity contribution in [3.63, 3.8) is 0 Å². The number of rotatable bonds is 5. The minimum absolute atomic E-state index is 0.0481. The molecular weight excluding hydrogens is 456 g/mol. The van der Waals surface area contributed by atoms with Crippen LogP contribution in [-0.2, 0) is 16.1 Å². The van der Waals surface area contributed by atoms with E-state index in [0.29, 0.717) is 42.1 Å². The molecule has 1 fully saturated rings. The third-order valence-corrected chi connectivity index (χ3v) is 6.63. The number of nitrogens with zero attached hydrogens (tertiary/aromatic N) is 4. The van der Waals surface area contributed by atoms with Crippen LogP contribution in [0.15, 0.2) is 41.2 Å². The van der Waals surface area contributed by atoms with Crippen molar-refractivity contribution in [1.29, 1.82) is 0 Å². The Morgan fingerprint density at radius 3 is 2.32 bits per heavy atom. The number of amides is 4. The molecule has 4 rings (SSSR count). The van der Waals surface area contributed by atoms with Crippen LogP contribution in [0.1, 0.15) is 11.3 Å². The monoisotopic (exact) mass is 482 g/mol. The highest BCUT2D eigenvalue weighted by Gasteiger charge is 2.25.